The van der Waals surface area contributed by atoms with Crippen LogP contribution in [0.1, 0.15) is 38.7 Å². The van der Waals surface area contributed by atoms with Gasteiger partial charge in [0, 0.05) is 18.3 Å². The van der Waals surface area contributed by atoms with Crippen LogP contribution >= 0.6 is 0 Å². The van der Waals surface area contributed by atoms with Crippen LogP contribution in [0.3, 0.4) is 0 Å². The number of hydrazone groups is 1. The average molecular weight is 242 g/mol. The van der Waals surface area contributed by atoms with E-state index in [0.29, 0.717) is 12.1 Å². The Balaban J connectivity index is 1.92. The Morgan fingerprint density at radius 3 is 2.44 bits per heavy atom. The van der Waals surface area contributed by atoms with Crippen LogP contribution in [0.5, 0.6) is 0 Å². The van der Waals surface area contributed by atoms with Gasteiger partial charge >= 0.3 is 0 Å². The molecule has 0 aromatic heterocycles. The molecule has 2 rings (SSSR count). The second-order valence-corrected chi connectivity index (χ2v) is 5.04. The zero-order valence-corrected chi connectivity index (χ0v) is 11.3. The monoisotopic (exact) mass is 242 g/mol. The topological polar surface area (TPSA) is 15.6 Å². The van der Waals surface area contributed by atoms with Crippen molar-refractivity contribution in [2.24, 2.45) is 5.10 Å². The zero-order valence-electron chi connectivity index (χ0n) is 11.3. The highest BCUT2D eigenvalue weighted by Gasteiger charge is 2.22. The first-order chi connectivity index (χ1) is 8.77. The van der Waals surface area contributed by atoms with Gasteiger partial charge in [-0.15, -0.1) is 0 Å². The van der Waals surface area contributed by atoms with Gasteiger partial charge in [-0.3, -0.25) is 5.01 Å². The summed E-state index contributed by atoms with van der Waals surface area (Å²) in [5.74, 6) is 0. The Labute approximate surface area is 110 Å². The van der Waals surface area contributed by atoms with Crippen molar-refractivity contribution in [1.82, 2.24) is 5.01 Å². The molecule has 18 heavy (non-hydrogen) atoms. The third-order valence-electron chi connectivity index (χ3n) is 3.52. The van der Waals surface area contributed by atoms with E-state index in [1.807, 2.05) is 30.5 Å². The maximum absolute atomic E-state index is 4.58. The van der Waals surface area contributed by atoms with Crippen molar-refractivity contribution in [1.29, 1.82) is 0 Å². The predicted molar refractivity (Wildman–Crippen MR) is 78.6 cm³/mol. The van der Waals surface area contributed by atoms with Gasteiger partial charge in [0.05, 0.1) is 0 Å². The maximum atomic E-state index is 4.58. The molecular weight excluding hydrogens is 220 g/mol. The molecule has 0 N–H and O–H groups in total. The quantitative estimate of drug-likeness (QED) is 0.733. The van der Waals surface area contributed by atoms with Crippen molar-refractivity contribution in [2.75, 3.05) is 0 Å². The molecule has 2 atom stereocenters. The normalized spacial score (nSPS) is 25.1. The molecule has 0 saturated carbocycles. The van der Waals surface area contributed by atoms with Crippen LogP contribution < -0.4 is 0 Å². The Hall–Kier alpha value is -1.57. The number of hydrogen-bond donors (Lipinski definition) is 0. The molecule has 1 fully saturated rings. The Morgan fingerprint density at radius 2 is 1.78 bits per heavy atom. The lowest BCUT2D eigenvalue weighted by atomic mass is 10.00. The van der Waals surface area contributed by atoms with E-state index in [1.54, 1.807) is 0 Å². The van der Waals surface area contributed by atoms with E-state index in [-0.39, 0.29) is 0 Å². The molecule has 1 saturated heterocycles. The molecule has 0 amide bonds. The molecule has 2 heteroatoms. The third kappa shape index (κ3) is 3.46. The lowest BCUT2D eigenvalue weighted by molar-refractivity contribution is 0.109. The summed E-state index contributed by atoms with van der Waals surface area (Å²) >= 11 is 0. The van der Waals surface area contributed by atoms with E-state index in [9.17, 15) is 0 Å². The van der Waals surface area contributed by atoms with E-state index >= 15 is 0 Å². The second-order valence-electron chi connectivity index (χ2n) is 5.04. The molecular formula is C16H22N2. The highest BCUT2D eigenvalue weighted by molar-refractivity contribution is 5.77. The molecule has 0 spiro atoms. The van der Waals surface area contributed by atoms with Crippen molar-refractivity contribution in [2.45, 2.75) is 45.2 Å². The highest BCUT2D eigenvalue weighted by atomic mass is 15.5. The summed E-state index contributed by atoms with van der Waals surface area (Å²) in [6.07, 6.45) is 9.85. The summed E-state index contributed by atoms with van der Waals surface area (Å²) in [5.41, 5.74) is 1.21. The van der Waals surface area contributed by atoms with E-state index in [0.717, 1.165) is 0 Å². The lowest BCUT2D eigenvalue weighted by Gasteiger charge is -2.36. The van der Waals surface area contributed by atoms with E-state index < -0.39 is 0 Å². The molecule has 0 aliphatic carbocycles. The summed E-state index contributed by atoms with van der Waals surface area (Å²) in [4.78, 5) is 0. The Bertz CT molecular complexity index is 398. The average Bonchev–Trinajstić information content (AvgIpc) is 2.38. The predicted octanol–water partition coefficient (Wildman–Crippen LogP) is 3.95. The fourth-order valence-electron chi connectivity index (χ4n) is 2.47. The molecule has 1 aliphatic rings. The fraction of sp³-hybridized carbons (Fsp3) is 0.438. The minimum atomic E-state index is 0.565. The minimum Gasteiger partial charge on any atom is -0.292 e. The SMILES string of the molecule is CC1CCCC(C)N1N=CC=Cc1ccccc1. The number of allylic oxidation sites excluding steroid dienone is 1. The van der Waals surface area contributed by atoms with E-state index in [1.165, 1.54) is 24.8 Å². The summed E-state index contributed by atoms with van der Waals surface area (Å²) in [6, 6.07) is 11.4. The van der Waals surface area contributed by atoms with Crippen molar-refractivity contribution in [3.63, 3.8) is 0 Å². The molecule has 2 unspecified atom stereocenters. The van der Waals surface area contributed by atoms with Crippen molar-refractivity contribution in [3.05, 3.63) is 42.0 Å². The van der Waals surface area contributed by atoms with Gasteiger partial charge < -0.3 is 0 Å². The number of piperidine rings is 1. The smallest absolute Gasteiger partial charge is 0.0470 e. The Morgan fingerprint density at radius 1 is 1.11 bits per heavy atom. The van der Waals surface area contributed by atoms with E-state index in [2.05, 4.69) is 42.2 Å². The fourth-order valence-corrected chi connectivity index (χ4v) is 2.47. The van der Waals surface area contributed by atoms with Crippen molar-refractivity contribution >= 4 is 12.3 Å². The number of benzene rings is 1. The van der Waals surface area contributed by atoms with Crippen LogP contribution in [-0.2, 0) is 0 Å². The first-order valence-electron chi connectivity index (χ1n) is 6.81. The molecule has 1 aromatic rings. The maximum Gasteiger partial charge on any atom is 0.0470 e. The molecule has 1 aliphatic heterocycles. The number of nitrogens with zero attached hydrogens (tertiary/aromatic N) is 2. The van der Waals surface area contributed by atoms with Gasteiger partial charge in [0.1, 0.15) is 0 Å². The lowest BCUT2D eigenvalue weighted by Crippen LogP contribution is -2.39. The van der Waals surface area contributed by atoms with Crippen LogP contribution in [-0.4, -0.2) is 23.3 Å². The number of rotatable bonds is 3. The molecule has 1 heterocycles. The van der Waals surface area contributed by atoms with Crippen molar-refractivity contribution < 1.29 is 0 Å². The zero-order chi connectivity index (χ0) is 12.8. The van der Waals surface area contributed by atoms with Gasteiger partial charge in [-0.25, -0.2) is 0 Å². The summed E-state index contributed by atoms with van der Waals surface area (Å²) < 4.78 is 0. The molecule has 0 radical (unpaired) electrons. The standard InChI is InChI=1S/C16H22N2/c1-14-8-6-9-15(2)18(14)17-13-7-12-16-10-4-3-5-11-16/h3-5,7,10-15H,6,8-9H2,1-2H3. The summed E-state index contributed by atoms with van der Waals surface area (Å²) in [5, 5.41) is 6.82. The van der Waals surface area contributed by atoms with Crippen LogP contribution in [0.2, 0.25) is 0 Å². The molecule has 1 aromatic carbocycles. The summed E-state index contributed by atoms with van der Waals surface area (Å²) in [7, 11) is 0. The first-order valence-corrected chi connectivity index (χ1v) is 6.81. The van der Waals surface area contributed by atoms with Crippen molar-refractivity contribution in [3.8, 4) is 0 Å². The third-order valence-corrected chi connectivity index (χ3v) is 3.52. The van der Waals surface area contributed by atoms with E-state index in [4.69, 9.17) is 0 Å². The minimum absolute atomic E-state index is 0.565. The second kappa shape index (κ2) is 6.39. The van der Waals surface area contributed by atoms with Crippen LogP contribution in [0.15, 0.2) is 41.5 Å². The number of hydrogen-bond acceptors (Lipinski definition) is 2. The first kappa shape index (κ1) is 12.9. The largest absolute Gasteiger partial charge is 0.292 e. The highest BCUT2D eigenvalue weighted by Crippen LogP contribution is 2.22. The molecule has 96 valence electrons. The summed E-state index contributed by atoms with van der Waals surface area (Å²) in [6.45, 7) is 4.52. The molecule has 2 nitrogen and oxygen atoms in total. The van der Waals surface area contributed by atoms with Gasteiger partial charge in [-0.05, 0) is 44.7 Å². The van der Waals surface area contributed by atoms with Gasteiger partial charge in [-0.1, -0.05) is 36.4 Å². The Kier molecular flexibility index (Phi) is 4.57. The van der Waals surface area contributed by atoms with Crippen LogP contribution in [0.4, 0.5) is 0 Å². The van der Waals surface area contributed by atoms with Gasteiger partial charge in [-0.2, -0.15) is 5.10 Å². The van der Waals surface area contributed by atoms with Crippen LogP contribution in [0.25, 0.3) is 6.08 Å². The van der Waals surface area contributed by atoms with Gasteiger partial charge in [0.15, 0.2) is 0 Å². The van der Waals surface area contributed by atoms with Gasteiger partial charge in [0.2, 0.25) is 0 Å². The van der Waals surface area contributed by atoms with Crippen LogP contribution in [0, 0.1) is 0 Å². The molecule has 0 bridgehead atoms. The van der Waals surface area contributed by atoms with Gasteiger partial charge in [0.25, 0.3) is 0 Å².